The number of carbonyl (C=O) groups is 1. The lowest BCUT2D eigenvalue weighted by atomic mass is 10.0. The number of nitrogens with zero attached hydrogens (tertiary/aromatic N) is 1. The average Bonchev–Trinajstić information content (AvgIpc) is 2.54. The summed E-state index contributed by atoms with van der Waals surface area (Å²) in [5.74, 6) is 0.751. The van der Waals surface area contributed by atoms with Gasteiger partial charge in [0, 0.05) is 41.6 Å². The summed E-state index contributed by atoms with van der Waals surface area (Å²) < 4.78 is 10.9. The molecule has 1 amide bonds. The Bertz CT molecular complexity index is 749. The minimum absolute atomic E-state index is 0.331. The minimum Gasteiger partial charge on any atom is -0.493 e. The van der Waals surface area contributed by atoms with Crippen molar-refractivity contribution in [3.05, 3.63) is 48.0 Å². The third-order valence-electron chi connectivity index (χ3n) is 3.80. The number of hydrogen-bond acceptors (Lipinski definition) is 5. The van der Waals surface area contributed by atoms with Gasteiger partial charge >= 0.3 is 6.09 Å². The van der Waals surface area contributed by atoms with Gasteiger partial charge in [-0.15, -0.1) is 0 Å². The van der Waals surface area contributed by atoms with Crippen LogP contribution in [0.15, 0.2) is 52.3 Å². The molecule has 2 aromatic carbocycles. The zero-order chi connectivity index (χ0) is 17.1. The van der Waals surface area contributed by atoms with E-state index in [-0.39, 0.29) is 6.10 Å². The van der Waals surface area contributed by atoms with E-state index in [2.05, 4.69) is 23.1 Å². The molecule has 24 heavy (non-hydrogen) atoms. The molecule has 0 aliphatic carbocycles. The highest BCUT2D eigenvalue weighted by Crippen LogP contribution is 2.39. The van der Waals surface area contributed by atoms with Crippen LogP contribution in [0.5, 0.6) is 5.75 Å². The number of primary amides is 1. The number of rotatable bonds is 4. The van der Waals surface area contributed by atoms with E-state index < -0.39 is 6.09 Å². The minimum atomic E-state index is -0.758. The molecule has 1 aliphatic rings. The van der Waals surface area contributed by atoms with Crippen LogP contribution in [-0.2, 0) is 4.74 Å². The molecule has 6 heteroatoms. The molecule has 1 heterocycles. The first-order chi connectivity index (χ1) is 11.5. The highest BCUT2D eigenvalue weighted by molar-refractivity contribution is 7.99. The fraction of sp³-hybridized carbons (Fsp3) is 0.278. The van der Waals surface area contributed by atoms with Crippen molar-refractivity contribution < 1.29 is 14.3 Å². The van der Waals surface area contributed by atoms with Crippen molar-refractivity contribution in [1.29, 1.82) is 0 Å². The molecular weight excluding hydrogens is 324 g/mol. The van der Waals surface area contributed by atoms with E-state index in [1.165, 1.54) is 0 Å². The average molecular weight is 344 g/mol. The fourth-order valence-electron chi connectivity index (χ4n) is 2.62. The molecule has 0 spiro atoms. The summed E-state index contributed by atoms with van der Waals surface area (Å²) in [5.41, 5.74) is 7.16. The lowest BCUT2D eigenvalue weighted by Crippen LogP contribution is -2.22. The van der Waals surface area contributed by atoms with E-state index in [0.717, 1.165) is 26.8 Å². The first-order valence-electron chi connectivity index (χ1n) is 7.71. The molecule has 0 bridgehead atoms. The molecule has 1 unspecified atom stereocenters. The van der Waals surface area contributed by atoms with Gasteiger partial charge in [0.1, 0.15) is 11.9 Å². The van der Waals surface area contributed by atoms with Gasteiger partial charge in [0.2, 0.25) is 0 Å². The van der Waals surface area contributed by atoms with Crippen molar-refractivity contribution >= 4 is 23.5 Å². The Balaban J connectivity index is 1.81. The summed E-state index contributed by atoms with van der Waals surface area (Å²) in [7, 11) is 4.05. The molecule has 0 radical (unpaired) electrons. The summed E-state index contributed by atoms with van der Waals surface area (Å²) in [4.78, 5) is 15.3. The van der Waals surface area contributed by atoms with Gasteiger partial charge in [-0.1, -0.05) is 23.9 Å². The standard InChI is InChI=1S/C18H20N2O3S/c1-20(2)12-4-3-5-13(10-12)24-14-6-7-15-16(23-18(19)21)8-9-22-17(15)11-14/h3-7,10-11,16H,8-9H2,1-2H3,(H2,19,21). The normalized spacial score (nSPS) is 16.0. The first kappa shape index (κ1) is 16.5. The van der Waals surface area contributed by atoms with Crippen LogP contribution < -0.4 is 15.4 Å². The van der Waals surface area contributed by atoms with Crippen molar-refractivity contribution in [2.45, 2.75) is 22.3 Å². The van der Waals surface area contributed by atoms with Crippen molar-refractivity contribution in [1.82, 2.24) is 0 Å². The van der Waals surface area contributed by atoms with Crippen LogP contribution in [0.25, 0.3) is 0 Å². The molecule has 0 saturated heterocycles. The summed E-state index contributed by atoms with van der Waals surface area (Å²) in [6.07, 6.45) is -0.470. The van der Waals surface area contributed by atoms with E-state index >= 15 is 0 Å². The van der Waals surface area contributed by atoms with E-state index in [9.17, 15) is 4.79 Å². The van der Waals surface area contributed by atoms with Crippen LogP contribution in [0.4, 0.5) is 10.5 Å². The van der Waals surface area contributed by atoms with Crippen LogP contribution in [0.1, 0.15) is 18.1 Å². The molecule has 2 aromatic rings. The van der Waals surface area contributed by atoms with E-state index in [1.807, 2.05) is 38.4 Å². The number of nitrogens with two attached hydrogens (primary N) is 1. The molecule has 2 N–H and O–H groups in total. The lowest BCUT2D eigenvalue weighted by molar-refractivity contribution is 0.0764. The Hall–Kier alpha value is -2.34. The van der Waals surface area contributed by atoms with Gasteiger partial charge in [0.15, 0.2) is 0 Å². The molecule has 1 aliphatic heterocycles. The van der Waals surface area contributed by atoms with Gasteiger partial charge in [-0.3, -0.25) is 0 Å². The van der Waals surface area contributed by atoms with E-state index in [0.29, 0.717) is 13.0 Å². The van der Waals surface area contributed by atoms with Crippen molar-refractivity contribution in [2.24, 2.45) is 5.73 Å². The maximum absolute atomic E-state index is 11.0. The number of benzene rings is 2. The Morgan fingerprint density at radius 2 is 2.04 bits per heavy atom. The second kappa shape index (κ2) is 7.05. The Morgan fingerprint density at radius 3 is 2.79 bits per heavy atom. The number of carbonyl (C=O) groups excluding carboxylic acids is 1. The second-order valence-corrected chi connectivity index (χ2v) is 6.90. The van der Waals surface area contributed by atoms with Crippen molar-refractivity contribution in [2.75, 3.05) is 25.6 Å². The third-order valence-corrected chi connectivity index (χ3v) is 4.78. The van der Waals surface area contributed by atoms with Gasteiger partial charge in [0.05, 0.1) is 6.61 Å². The summed E-state index contributed by atoms with van der Waals surface area (Å²) in [5, 5.41) is 0. The number of ether oxygens (including phenoxy) is 2. The maximum Gasteiger partial charge on any atom is 0.405 e. The smallest absolute Gasteiger partial charge is 0.405 e. The Labute approximate surface area is 145 Å². The molecule has 0 saturated carbocycles. The van der Waals surface area contributed by atoms with Gasteiger partial charge < -0.3 is 20.1 Å². The number of amides is 1. The van der Waals surface area contributed by atoms with E-state index in [1.54, 1.807) is 11.8 Å². The van der Waals surface area contributed by atoms with Crippen molar-refractivity contribution in [3.63, 3.8) is 0 Å². The van der Waals surface area contributed by atoms with Gasteiger partial charge in [-0.05, 0) is 30.3 Å². The van der Waals surface area contributed by atoms with Gasteiger partial charge in [-0.25, -0.2) is 4.79 Å². The highest BCUT2D eigenvalue weighted by Gasteiger charge is 2.24. The topological polar surface area (TPSA) is 64.8 Å². The van der Waals surface area contributed by atoms with Crippen LogP contribution >= 0.6 is 11.8 Å². The largest absolute Gasteiger partial charge is 0.493 e. The summed E-state index contributed by atoms with van der Waals surface area (Å²) in [6, 6.07) is 14.3. The molecule has 3 rings (SSSR count). The van der Waals surface area contributed by atoms with Gasteiger partial charge in [0.25, 0.3) is 0 Å². The zero-order valence-electron chi connectivity index (χ0n) is 13.7. The summed E-state index contributed by atoms with van der Waals surface area (Å²) >= 11 is 1.67. The summed E-state index contributed by atoms with van der Waals surface area (Å²) in [6.45, 7) is 0.509. The molecule has 0 fully saturated rings. The number of fused-ring (bicyclic) bond motifs is 1. The van der Waals surface area contributed by atoms with Crippen LogP contribution in [0, 0.1) is 0 Å². The fourth-order valence-corrected chi connectivity index (χ4v) is 3.52. The number of anilines is 1. The quantitative estimate of drug-likeness (QED) is 0.913. The molecule has 5 nitrogen and oxygen atoms in total. The lowest BCUT2D eigenvalue weighted by Gasteiger charge is -2.25. The van der Waals surface area contributed by atoms with Gasteiger partial charge in [-0.2, -0.15) is 0 Å². The van der Waals surface area contributed by atoms with Crippen LogP contribution in [0.2, 0.25) is 0 Å². The highest BCUT2D eigenvalue weighted by atomic mass is 32.2. The van der Waals surface area contributed by atoms with Crippen LogP contribution in [-0.4, -0.2) is 26.8 Å². The predicted octanol–water partition coefficient (Wildman–Crippen LogP) is 3.82. The first-order valence-corrected chi connectivity index (χ1v) is 8.52. The van der Waals surface area contributed by atoms with Crippen LogP contribution in [0.3, 0.4) is 0 Å². The van der Waals surface area contributed by atoms with E-state index in [4.69, 9.17) is 15.2 Å². The molecule has 0 aromatic heterocycles. The Kier molecular flexibility index (Phi) is 4.85. The monoisotopic (exact) mass is 344 g/mol. The molecule has 126 valence electrons. The zero-order valence-corrected chi connectivity index (χ0v) is 14.5. The third kappa shape index (κ3) is 3.76. The predicted molar refractivity (Wildman–Crippen MR) is 94.9 cm³/mol. The molecule has 1 atom stereocenters. The Morgan fingerprint density at radius 1 is 1.25 bits per heavy atom. The SMILES string of the molecule is CN(C)c1cccc(Sc2ccc3c(c2)OCCC3OC(N)=O)c1. The molecular formula is C18H20N2O3S. The number of hydrogen-bond donors (Lipinski definition) is 1. The second-order valence-electron chi connectivity index (χ2n) is 5.76. The van der Waals surface area contributed by atoms with Crippen molar-refractivity contribution in [3.8, 4) is 5.75 Å². The maximum atomic E-state index is 11.0.